The maximum Gasteiger partial charge on any atom is 0.365 e. The van der Waals surface area contributed by atoms with Gasteiger partial charge >= 0.3 is 15.2 Å². The highest BCUT2D eigenvalue weighted by Crippen LogP contribution is 2.71. The summed E-state index contributed by atoms with van der Waals surface area (Å²) in [7, 11) is -6.56. The van der Waals surface area contributed by atoms with Crippen LogP contribution in [0.5, 0.6) is 0 Å². The number of alkyl halides is 1. The molecule has 0 N–H and O–H groups in total. The van der Waals surface area contributed by atoms with Crippen LogP contribution in [0.1, 0.15) is 27.7 Å². The summed E-state index contributed by atoms with van der Waals surface area (Å²) in [6.45, 7) is 6.74. The quantitative estimate of drug-likeness (QED) is 0.339. The molecule has 0 spiro atoms. The van der Waals surface area contributed by atoms with Gasteiger partial charge in [-0.2, -0.15) is 0 Å². The summed E-state index contributed by atoms with van der Waals surface area (Å²) >= 11 is 3.04. The molecule has 0 bridgehead atoms. The Kier molecular flexibility index (Phi) is 11.1. The third-order valence-corrected chi connectivity index (χ3v) is 9.13. The molecule has 11 heteroatoms. The fourth-order valence-corrected chi connectivity index (χ4v) is 7.69. The minimum absolute atomic E-state index is 0.0451. The number of hydrogen-bond donors (Lipinski definition) is 0. The van der Waals surface area contributed by atoms with Crippen molar-refractivity contribution in [2.45, 2.75) is 33.2 Å². The molecular weight excluding hydrogens is 412 g/mol. The second kappa shape index (κ2) is 11.0. The highest BCUT2D eigenvalue weighted by atomic mass is 79.9. The predicted octanol–water partition coefficient (Wildman–Crippen LogP) is 3.66. The molecule has 0 aliphatic carbocycles. The Labute approximate surface area is 146 Å². The van der Waals surface area contributed by atoms with E-state index in [2.05, 4.69) is 15.9 Å². The first-order valence-corrected chi connectivity index (χ1v) is 11.7. The summed E-state index contributed by atoms with van der Waals surface area (Å²) in [5, 5.41) is -0.0451. The Morgan fingerprint density at radius 3 is 1.43 bits per heavy atom. The van der Waals surface area contributed by atoms with Crippen LogP contribution in [0.25, 0.3) is 0 Å². The van der Waals surface area contributed by atoms with Gasteiger partial charge < -0.3 is 23.0 Å². The van der Waals surface area contributed by atoms with Crippen molar-refractivity contribution in [1.29, 1.82) is 0 Å². The van der Waals surface area contributed by atoms with E-state index in [-0.39, 0.29) is 31.8 Å². The van der Waals surface area contributed by atoms with E-state index in [0.717, 1.165) is 4.90 Å². The highest BCUT2D eigenvalue weighted by Gasteiger charge is 2.54. The first kappa shape index (κ1) is 23.2. The molecule has 0 saturated heterocycles. The lowest BCUT2D eigenvalue weighted by molar-refractivity contribution is -0.127. The first-order chi connectivity index (χ1) is 10.8. The summed E-state index contributed by atoms with van der Waals surface area (Å²) in [5.74, 6) is -0.450. The van der Waals surface area contributed by atoms with Crippen LogP contribution in [0.4, 0.5) is 0 Å². The van der Waals surface area contributed by atoms with Gasteiger partial charge in [0.1, 0.15) is 0 Å². The fourth-order valence-electron chi connectivity index (χ4n) is 1.88. The number of halogens is 1. The van der Waals surface area contributed by atoms with Crippen LogP contribution in [0, 0.1) is 0 Å². The first-order valence-electron chi connectivity index (χ1n) is 7.35. The number of amides is 1. The topological polar surface area (TPSA) is 91.4 Å². The molecule has 1 amide bonds. The van der Waals surface area contributed by atoms with Gasteiger partial charge in [-0.1, -0.05) is 15.9 Å². The molecule has 0 aromatic rings. The van der Waals surface area contributed by atoms with E-state index in [1.165, 1.54) is 7.05 Å². The van der Waals surface area contributed by atoms with Crippen LogP contribution in [0.3, 0.4) is 0 Å². The predicted molar refractivity (Wildman–Crippen MR) is 92.1 cm³/mol. The van der Waals surface area contributed by atoms with Crippen molar-refractivity contribution in [3.8, 4) is 0 Å². The Morgan fingerprint density at radius 2 is 1.22 bits per heavy atom. The van der Waals surface area contributed by atoms with E-state index < -0.39 is 26.6 Å². The third kappa shape index (κ3) is 6.24. The summed E-state index contributed by atoms with van der Waals surface area (Å²) in [6.07, 6.45) is 0. The largest absolute Gasteiger partial charge is 0.365 e. The molecule has 0 atom stereocenters. The SMILES string of the molecule is CCOP(=O)(OCC)C(N(C)C(=O)CBr)P(=O)(OCC)OCC. The van der Waals surface area contributed by atoms with E-state index in [1.54, 1.807) is 27.7 Å². The molecule has 0 heterocycles. The molecule has 8 nitrogen and oxygen atoms in total. The number of hydrogen-bond acceptors (Lipinski definition) is 7. The molecular formula is C12H26BrNO7P2. The molecule has 0 aromatic heterocycles. The average molecular weight is 438 g/mol. The van der Waals surface area contributed by atoms with Gasteiger partial charge in [-0.05, 0) is 27.7 Å². The minimum Gasteiger partial charge on any atom is -0.321 e. The maximum absolute atomic E-state index is 13.2. The Bertz CT molecular complexity index is 413. The fraction of sp³-hybridized carbons (Fsp3) is 0.917. The molecule has 0 aliphatic rings. The van der Waals surface area contributed by atoms with Crippen molar-refractivity contribution in [3.63, 3.8) is 0 Å². The Morgan fingerprint density at radius 1 is 0.913 bits per heavy atom. The zero-order valence-corrected chi connectivity index (χ0v) is 17.6. The average Bonchev–Trinajstić information content (AvgIpc) is 2.47. The van der Waals surface area contributed by atoms with Crippen LogP contribution in [0.15, 0.2) is 0 Å². The molecule has 0 aromatic carbocycles. The summed E-state index contributed by atoms with van der Waals surface area (Å²) in [6, 6.07) is 0. The highest BCUT2D eigenvalue weighted by molar-refractivity contribution is 9.09. The van der Waals surface area contributed by atoms with Gasteiger partial charge in [-0.15, -0.1) is 0 Å². The van der Waals surface area contributed by atoms with Crippen molar-refractivity contribution >= 4 is 37.0 Å². The van der Waals surface area contributed by atoms with Gasteiger partial charge in [0.25, 0.3) is 0 Å². The van der Waals surface area contributed by atoms with E-state index >= 15 is 0 Å². The molecule has 0 aliphatic heterocycles. The lowest BCUT2D eigenvalue weighted by Crippen LogP contribution is -2.39. The number of carbonyl (C=O) groups excluding carboxylic acids is 1. The van der Waals surface area contributed by atoms with Crippen LogP contribution in [-0.2, 0) is 32.0 Å². The summed E-state index contributed by atoms with van der Waals surface area (Å²) in [4.78, 5) is 13.1. The molecule has 0 saturated carbocycles. The van der Waals surface area contributed by atoms with Crippen molar-refractivity contribution in [2.75, 3.05) is 38.8 Å². The molecule has 0 rings (SSSR count). The number of nitrogens with zero attached hydrogens (tertiary/aromatic N) is 1. The van der Waals surface area contributed by atoms with Crippen LogP contribution < -0.4 is 0 Å². The Balaban J connectivity index is 6.10. The van der Waals surface area contributed by atoms with Crippen molar-refractivity contribution < 1.29 is 32.0 Å². The van der Waals surface area contributed by atoms with Gasteiger partial charge in [-0.3, -0.25) is 13.9 Å². The van der Waals surface area contributed by atoms with Crippen molar-refractivity contribution in [1.82, 2.24) is 4.90 Å². The van der Waals surface area contributed by atoms with Gasteiger partial charge in [0.05, 0.1) is 31.8 Å². The lowest BCUT2D eigenvalue weighted by atomic mass is 10.6. The van der Waals surface area contributed by atoms with E-state index in [0.29, 0.717) is 0 Å². The smallest absolute Gasteiger partial charge is 0.321 e. The van der Waals surface area contributed by atoms with Crippen LogP contribution in [0.2, 0.25) is 0 Å². The summed E-state index contributed by atoms with van der Waals surface area (Å²) in [5.41, 5.74) is -1.47. The number of rotatable bonds is 12. The second-order valence-corrected chi connectivity index (χ2v) is 9.37. The van der Waals surface area contributed by atoms with Gasteiger partial charge in [0.15, 0.2) is 0 Å². The van der Waals surface area contributed by atoms with Gasteiger partial charge in [0.2, 0.25) is 11.4 Å². The van der Waals surface area contributed by atoms with E-state index in [1.807, 2.05) is 0 Å². The zero-order chi connectivity index (χ0) is 18.1. The molecule has 0 radical (unpaired) electrons. The van der Waals surface area contributed by atoms with Gasteiger partial charge in [0, 0.05) is 7.05 Å². The molecule has 0 fully saturated rings. The number of carbonyl (C=O) groups is 1. The van der Waals surface area contributed by atoms with E-state index in [9.17, 15) is 13.9 Å². The third-order valence-electron chi connectivity index (χ3n) is 2.66. The zero-order valence-electron chi connectivity index (χ0n) is 14.2. The maximum atomic E-state index is 13.2. The molecule has 138 valence electrons. The second-order valence-electron chi connectivity index (χ2n) is 4.24. The minimum atomic E-state index is -3.96. The monoisotopic (exact) mass is 437 g/mol. The van der Waals surface area contributed by atoms with Crippen molar-refractivity contribution in [3.05, 3.63) is 0 Å². The van der Waals surface area contributed by atoms with Gasteiger partial charge in [-0.25, -0.2) is 0 Å². The van der Waals surface area contributed by atoms with E-state index in [4.69, 9.17) is 18.1 Å². The summed E-state index contributed by atoms with van der Waals surface area (Å²) < 4.78 is 47.5. The van der Waals surface area contributed by atoms with Crippen LogP contribution >= 0.6 is 31.1 Å². The lowest BCUT2D eigenvalue weighted by Gasteiger charge is -2.36. The normalized spacial score (nSPS) is 12.7. The molecule has 0 unspecified atom stereocenters. The van der Waals surface area contributed by atoms with Crippen LogP contribution in [-0.4, -0.2) is 55.1 Å². The van der Waals surface area contributed by atoms with Crippen molar-refractivity contribution in [2.24, 2.45) is 0 Å². The molecule has 23 heavy (non-hydrogen) atoms. The standard InChI is InChI=1S/C12H26BrNO7P2/c1-6-18-22(16,19-7-2)12(14(5)11(15)10-13)23(17,20-8-3)21-9-4/h12H,6-10H2,1-5H3. The Hall–Kier alpha value is 0.250.